The monoisotopic (exact) mass is 313 g/mol. The number of thioether (sulfide) groups is 1. The molecule has 0 saturated heterocycles. The number of thiophene rings is 1. The van der Waals surface area contributed by atoms with E-state index in [2.05, 4.69) is 5.32 Å². The summed E-state index contributed by atoms with van der Waals surface area (Å²) in [5, 5.41) is 14.0. The van der Waals surface area contributed by atoms with E-state index in [1.165, 1.54) is 18.2 Å². The van der Waals surface area contributed by atoms with Gasteiger partial charge in [-0.05, 0) is 30.2 Å². The van der Waals surface area contributed by atoms with E-state index < -0.39 is 12.0 Å². The van der Waals surface area contributed by atoms with Crippen molar-refractivity contribution in [3.63, 3.8) is 0 Å². The van der Waals surface area contributed by atoms with Gasteiger partial charge in [-0.2, -0.15) is 0 Å². The summed E-state index contributed by atoms with van der Waals surface area (Å²) >= 11 is 3.03. The second-order valence-electron chi connectivity index (χ2n) is 5.00. The zero-order valence-corrected chi connectivity index (χ0v) is 12.8. The van der Waals surface area contributed by atoms with Crippen LogP contribution in [-0.2, 0) is 9.59 Å². The van der Waals surface area contributed by atoms with Crippen LogP contribution in [0.15, 0.2) is 21.7 Å². The molecule has 0 aromatic carbocycles. The number of carboxylic acid groups (broad SMARTS) is 1. The van der Waals surface area contributed by atoms with Gasteiger partial charge in [0, 0.05) is 0 Å². The zero-order chi connectivity index (χ0) is 14.4. The predicted molar refractivity (Wildman–Crippen MR) is 81.2 cm³/mol. The average Bonchev–Trinajstić information content (AvgIpc) is 2.96. The van der Waals surface area contributed by atoms with Crippen molar-refractivity contribution >= 4 is 35.0 Å². The molecule has 1 fully saturated rings. The van der Waals surface area contributed by atoms with Crippen molar-refractivity contribution in [1.82, 2.24) is 5.32 Å². The van der Waals surface area contributed by atoms with Crippen molar-refractivity contribution in [2.75, 3.05) is 5.75 Å². The first-order valence-electron chi connectivity index (χ1n) is 6.85. The molecule has 0 spiro atoms. The molecule has 1 unspecified atom stereocenters. The molecule has 1 amide bonds. The van der Waals surface area contributed by atoms with E-state index in [0.717, 1.165) is 29.9 Å². The van der Waals surface area contributed by atoms with E-state index >= 15 is 0 Å². The molecular weight excluding hydrogens is 294 g/mol. The van der Waals surface area contributed by atoms with Crippen LogP contribution in [0, 0.1) is 5.92 Å². The van der Waals surface area contributed by atoms with Crippen molar-refractivity contribution in [2.45, 2.75) is 42.4 Å². The van der Waals surface area contributed by atoms with Crippen LogP contribution in [0.3, 0.4) is 0 Å². The molecule has 1 aliphatic carbocycles. The number of carbonyl (C=O) groups is 2. The minimum Gasteiger partial charge on any atom is -0.480 e. The van der Waals surface area contributed by atoms with Crippen molar-refractivity contribution in [3.8, 4) is 0 Å². The van der Waals surface area contributed by atoms with Crippen molar-refractivity contribution in [2.24, 2.45) is 5.92 Å². The molecule has 2 rings (SSSR count). The number of hydrogen-bond donors (Lipinski definition) is 2. The lowest BCUT2D eigenvalue weighted by atomic mass is 9.84. The summed E-state index contributed by atoms with van der Waals surface area (Å²) in [6.45, 7) is 0. The van der Waals surface area contributed by atoms with E-state index in [1.54, 1.807) is 11.3 Å². The van der Waals surface area contributed by atoms with Gasteiger partial charge in [0.05, 0.1) is 9.96 Å². The minimum atomic E-state index is -0.911. The average molecular weight is 313 g/mol. The maximum atomic E-state index is 11.9. The molecule has 20 heavy (non-hydrogen) atoms. The molecule has 0 aliphatic heterocycles. The van der Waals surface area contributed by atoms with E-state index in [9.17, 15) is 14.7 Å². The Kier molecular flexibility index (Phi) is 5.91. The number of nitrogens with one attached hydrogen (secondary N) is 1. The lowest BCUT2D eigenvalue weighted by molar-refractivity contribution is -0.143. The van der Waals surface area contributed by atoms with Crippen LogP contribution in [0.25, 0.3) is 0 Å². The number of rotatable bonds is 6. The van der Waals surface area contributed by atoms with Crippen LogP contribution in [0.4, 0.5) is 0 Å². The van der Waals surface area contributed by atoms with Gasteiger partial charge in [0.25, 0.3) is 0 Å². The Balaban J connectivity index is 1.83. The molecule has 1 aromatic heterocycles. The van der Waals surface area contributed by atoms with Gasteiger partial charge in [0.1, 0.15) is 6.04 Å². The molecular formula is C14H19NO3S2. The van der Waals surface area contributed by atoms with Gasteiger partial charge in [-0.25, -0.2) is 4.79 Å². The number of carboxylic acids is 1. The number of aliphatic carboxylic acids is 1. The number of carbonyl (C=O) groups excluding carboxylic acids is 1. The minimum absolute atomic E-state index is 0.0805. The molecule has 1 saturated carbocycles. The first-order valence-corrected chi connectivity index (χ1v) is 8.72. The zero-order valence-electron chi connectivity index (χ0n) is 11.2. The highest BCUT2D eigenvalue weighted by Gasteiger charge is 2.30. The Bertz CT molecular complexity index is 441. The predicted octanol–water partition coefficient (Wildman–Crippen LogP) is 2.99. The summed E-state index contributed by atoms with van der Waals surface area (Å²) in [6, 6.07) is 3.16. The Morgan fingerprint density at radius 3 is 2.75 bits per heavy atom. The van der Waals surface area contributed by atoms with Crippen LogP contribution >= 0.6 is 23.1 Å². The van der Waals surface area contributed by atoms with Crippen LogP contribution in [-0.4, -0.2) is 28.8 Å². The summed E-state index contributed by atoms with van der Waals surface area (Å²) in [6.07, 6.45) is 5.10. The lowest BCUT2D eigenvalue weighted by Gasteiger charge is -2.27. The molecule has 1 atom stereocenters. The molecule has 1 aliphatic rings. The van der Waals surface area contributed by atoms with E-state index in [4.69, 9.17) is 0 Å². The number of amides is 1. The van der Waals surface area contributed by atoms with Gasteiger partial charge in [-0.15, -0.1) is 23.1 Å². The van der Waals surface area contributed by atoms with Gasteiger partial charge in [0.15, 0.2) is 0 Å². The van der Waals surface area contributed by atoms with Gasteiger partial charge >= 0.3 is 5.97 Å². The third-order valence-electron chi connectivity index (χ3n) is 3.54. The Labute approximate surface area is 127 Å². The second kappa shape index (κ2) is 7.69. The van der Waals surface area contributed by atoms with Gasteiger partial charge in [-0.3, -0.25) is 4.79 Å². The highest BCUT2D eigenvalue weighted by atomic mass is 32.2. The Morgan fingerprint density at radius 1 is 1.40 bits per heavy atom. The molecule has 2 N–H and O–H groups in total. The van der Waals surface area contributed by atoms with Crippen molar-refractivity contribution in [3.05, 3.63) is 17.5 Å². The summed E-state index contributed by atoms with van der Waals surface area (Å²) in [4.78, 5) is 23.3. The van der Waals surface area contributed by atoms with Crippen molar-refractivity contribution < 1.29 is 14.7 Å². The maximum Gasteiger partial charge on any atom is 0.326 e. The molecule has 0 bridgehead atoms. The standard InChI is InChI=1S/C14H19NO3S2/c16-11(9-20-12-7-4-8-19-12)15-13(14(17)18)10-5-2-1-3-6-10/h4,7-8,10,13H,1-3,5-6,9H2,(H,15,16)(H,17,18). The lowest BCUT2D eigenvalue weighted by Crippen LogP contribution is -2.47. The summed E-state index contributed by atoms with van der Waals surface area (Å²) in [5.41, 5.74) is 0. The highest BCUT2D eigenvalue weighted by Crippen LogP contribution is 2.27. The van der Waals surface area contributed by atoms with Crippen molar-refractivity contribution in [1.29, 1.82) is 0 Å². The van der Waals surface area contributed by atoms with Crippen LogP contribution in [0.2, 0.25) is 0 Å². The first kappa shape index (κ1) is 15.4. The van der Waals surface area contributed by atoms with Crippen LogP contribution in [0.1, 0.15) is 32.1 Å². The Hall–Kier alpha value is -1.01. The summed E-state index contributed by atoms with van der Waals surface area (Å²) < 4.78 is 1.07. The fraction of sp³-hybridized carbons (Fsp3) is 0.571. The largest absolute Gasteiger partial charge is 0.480 e. The van der Waals surface area contributed by atoms with E-state index in [1.807, 2.05) is 17.5 Å². The maximum absolute atomic E-state index is 11.9. The first-order chi connectivity index (χ1) is 9.66. The van der Waals surface area contributed by atoms with Crippen LogP contribution < -0.4 is 5.32 Å². The topological polar surface area (TPSA) is 66.4 Å². The second-order valence-corrected chi connectivity index (χ2v) is 7.23. The fourth-order valence-electron chi connectivity index (χ4n) is 2.55. The van der Waals surface area contributed by atoms with Gasteiger partial charge in [-0.1, -0.05) is 25.3 Å². The third kappa shape index (κ3) is 4.52. The molecule has 6 heteroatoms. The smallest absolute Gasteiger partial charge is 0.326 e. The van der Waals surface area contributed by atoms with Crippen LogP contribution in [0.5, 0.6) is 0 Å². The quantitative estimate of drug-likeness (QED) is 0.792. The summed E-state index contributed by atoms with van der Waals surface area (Å²) in [5.74, 6) is -0.749. The van der Waals surface area contributed by atoms with Gasteiger partial charge in [0.2, 0.25) is 5.91 Å². The molecule has 110 valence electrons. The molecule has 0 radical (unpaired) electrons. The van der Waals surface area contributed by atoms with E-state index in [0.29, 0.717) is 0 Å². The highest BCUT2D eigenvalue weighted by molar-refractivity contribution is 8.01. The Morgan fingerprint density at radius 2 is 2.15 bits per heavy atom. The fourth-order valence-corrected chi connectivity index (χ4v) is 4.14. The SMILES string of the molecule is O=C(CSc1cccs1)NC(C(=O)O)C1CCCCC1. The molecule has 1 aromatic rings. The number of hydrogen-bond acceptors (Lipinski definition) is 4. The molecule has 4 nitrogen and oxygen atoms in total. The van der Waals surface area contributed by atoms with Gasteiger partial charge < -0.3 is 10.4 Å². The normalized spacial score (nSPS) is 17.6. The molecule has 1 heterocycles. The van der Waals surface area contributed by atoms with E-state index in [-0.39, 0.29) is 17.6 Å². The third-order valence-corrected chi connectivity index (χ3v) is 5.68. The summed E-state index contributed by atoms with van der Waals surface area (Å²) in [7, 11) is 0.